The molecule has 9 heteroatoms. The fourth-order valence-electron chi connectivity index (χ4n) is 3.44. The topological polar surface area (TPSA) is 113 Å². The second kappa shape index (κ2) is 8.58. The minimum atomic E-state index is -0.914. The van der Waals surface area contributed by atoms with Gasteiger partial charge in [0, 0.05) is 0 Å². The molecule has 0 fully saturated rings. The van der Waals surface area contributed by atoms with Crippen LogP contribution in [0.3, 0.4) is 0 Å². The van der Waals surface area contributed by atoms with Gasteiger partial charge in [0.1, 0.15) is 11.9 Å². The summed E-state index contributed by atoms with van der Waals surface area (Å²) in [5, 5.41) is 3.19. The summed E-state index contributed by atoms with van der Waals surface area (Å²) in [6.45, 7) is 0.170. The first-order valence-electron chi connectivity index (χ1n) is 9.52. The second-order valence-corrected chi connectivity index (χ2v) is 7.85. The number of imidazole rings is 1. The van der Waals surface area contributed by atoms with Gasteiger partial charge in [0.15, 0.2) is 0 Å². The van der Waals surface area contributed by atoms with E-state index in [1.165, 1.54) is 0 Å². The van der Waals surface area contributed by atoms with E-state index in [9.17, 15) is 14.4 Å². The Morgan fingerprint density at radius 1 is 1.10 bits per heavy atom. The molecule has 2 aromatic heterocycles. The zero-order chi connectivity index (χ0) is 21.1. The molecule has 0 saturated carbocycles. The fraction of sp³-hybridized carbons (Fsp3) is 0.238. The molecule has 1 unspecified atom stereocenters. The van der Waals surface area contributed by atoms with Gasteiger partial charge in [-0.25, -0.2) is 14.3 Å². The Kier molecular flexibility index (Phi) is 5.71. The van der Waals surface area contributed by atoms with E-state index >= 15 is 0 Å². The van der Waals surface area contributed by atoms with E-state index < -0.39 is 23.2 Å². The number of hydrogen-bond acceptors (Lipinski definition) is 5. The van der Waals surface area contributed by atoms with Gasteiger partial charge in [0.05, 0.1) is 28.5 Å². The number of nitrogens with zero attached hydrogens (tertiary/aromatic N) is 2. The van der Waals surface area contributed by atoms with Crippen molar-refractivity contribution in [1.82, 2.24) is 24.8 Å². The number of benzene rings is 2. The number of aromatic amines is 2. The van der Waals surface area contributed by atoms with Crippen molar-refractivity contribution in [1.29, 1.82) is 0 Å². The SMILES string of the molecule is CSCCC(C(=O)NCc1nc2ccccc2[nH]1)n1c(=O)[nH]c2ccccc2c1=O. The van der Waals surface area contributed by atoms with Crippen molar-refractivity contribution < 1.29 is 4.79 Å². The molecule has 0 bridgehead atoms. The molecule has 0 radical (unpaired) electrons. The average molecular weight is 423 g/mol. The lowest BCUT2D eigenvalue weighted by Crippen LogP contribution is -2.44. The lowest BCUT2D eigenvalue weighted by Gasteiger charge is -2.18. The van der Waals surface area contributed by atoms with Crippen LogP contribution in [-0.2, 0) is 11.3 Å². The smallest absolute Gasteiger partial charge is 0.329 e. The number of thioether (sulfide) groups is 1. The maximum atomic E-state index is 13.0. The molecule has 2 aromatic carbocycles. The molecule has 3 N–H and O–H groups in total. The number of nitrogens with one attached hydrogen (secondary N) is 3. The molecular weight excluding hydrogens is 402 g/mol. The summed E-state index contributed by atoms with van der Waals surface area (Å²) >= 11 is 1.55. The van der Waals surface area contributed by atoms with Crippen molar-refractivity contribution in [3.63, 3.8) is 0 Å². The van der Waals surface area contributed by atoms with Crippen LogP contribution in [0.5, 0.6) is 0 Å². The van der Waals surface area contributed by atoms with Gasteiger partial charge in [-0.2, -0.15) is 11.8 Å². The molecule has 2 heterocycles. The molecule has 0 aliphatic carbocycles. The Labute approximate surface area is 175 Å². The molecule has 0 spiro atoms. The number of fused-ring (bicyclic) bond motifs is 2. The van der Waals surface area contributed by atoms with E-state index in [-0.39, 0.29) is 6.54 Å². The van der Waals surface area contributed by atoms with Gasteiger partial charge >= 0.3 is 5.69 Å². The maximum Gasteiger partial charge on any atom is 0.329 e. The maximum absolute atomic E-state index is 13.0. The summed E-state index contributed by atoms with van der Waals surface area (Å²) in [5.74, 6) is 0.835. The first-order chi connectivity index (χ1) is 14.6. The molecule has 1 atom stereocenters. The fourth-order valence-corrected chi connectivity index (χ4v) is 3.90. The van der Waals surface area contributed by atoms with E-state index in [0.29, 0.717) is 28.9 Å². The van der Waals surface area contributed by atoms with E-state index in [4.69, 9.17) is 0 Å². The van der Waals surface area contributed by atoms with Crippen molar-refractivity contribution in [3.05, 3.63) is 75.2 Å². The number of rotatable bonds is 7. The average Bonchev–Trinajstić information content (AvgIpc) is 3.17. The van der Waals surface area contributed by atoms with E-state index in [0.717, 1.165) is 15.6 Å². The third-order valence-electron chi connectivity index (χ3n) is 4.91. The molecular formula is C21H21N5O3S. The molecule has 154 valence electrons. The summed E-state index contributed by atoms with van der Waals surface area (Å²) in [5.41, 5.74) is 1.07. The minimum absolute atomic E-state index is 0.170. The number of hydrogen-bond donors (Lipinski definition) is 3. The van der Waals surface area contributed by atoms with Crippen LogP contribution in [0.2, 0.25) is 0 Å². The van der Waals surface area contributed by atoms with Crippen LogP contribution < -0.4 is 16.6 Å². The first-order valence-corrected chi connectivity index (χ1v) is 10.9. The predicted octanol–water partition coefficient (Wildman–Crippen LogP) is 2.18. The first kappa shape index (κ1) is 20.0. The highest BCUT2D eigenvalue weighted by atomic mass is 32.2. The van der Waals surface area contributed by atoms with Crippen LogP contribution in [0.25, 0.3) is 21.9 Å². The van der Waals surface area contributed by atoms with Gasteiger partial charge in [0.2, 0.25) is 5.91 Å². The van der Waals surface area contributed by atoms with Crippen molar-refractivity contribution in [2.75, 3.05) is 12.0 Å². The summed E-state index contributed by atoms with van der Waals surface area (Å²) in [4.78, 5) is 49.0. The summed E-state index contributed by atoms with van der Waals surface area (Å²) in [6, 6.07) is 13.4. The molecule has 4 rings (SSSR count). The predicted molar refractivity (Wildman–Crippen MR) is 119 cm³/mol. The highest BCUT2D eigenvalue weighted by Gasteiger charge is 2.24. The van der Waals surface area contributed by atoms with Gasteiger partial charge in [0.25, 0.3) is 5.56 Å². The van der Waals surface area contributed by atoms with Crippen LogP contribution in [0.4, 0.5) is 0 Å². The quantitative estimate of drug-likeness (QED) is 0.422. The minimum Gasteiger partial charge on any atom is -0.347 e. The van der Waals surface area contributed by atoms with Gasteiger partial charge in [-0.3, -0.25) is 9.59 Å². The van der Waals surface area contributed by atoms with Gasteiger partial charge < -0.3 is 15.3 Å². The molecule has 8 nitrogen and oxygen atoms in total. The third-order valence-corrected chi connectivity index (χ3v) is 5.56. The van der Waals surface area contributed by atoms with Crippen LogP contribution in [0.15, 0.2) is 58.1 Å². The van der Waals surface area contributed by atoms with Gasteiger partial charge in [-0.1, -0.05) is 24.3 Å². The highest BCUT2D eigenvalue weighted by molar-refractivity contribution is 7.98. The van der Waals surface area contributed by atoms with Crippen LogP contribution in [0, 0.1) is 0 Å². The summed E-state index contributed by atoms with van der Waals surface area (Å²) in [7, 11) is 0. The van der Waals surface area contributed by atoms with Crippen LogP contribution >= 0.6 is 11.8 Å². The standard InChI is InChI=1S/C21H21N5O3S/c1-30-11-10-17(26-20(28)13-6-2-3-7-14(13)25-21(26)29)19(27)22-12-18-23-15-8-4-5-9-16(15)24-18/h2-9,17H,10-12H2,1H3,(H,22,27)(H,23,24)(H,25,29). The number of aromatic nitrogens is 4. The Balaban J connectivity index is 1.63. The molecule has 0 aliphatic heterocycles. The van der Waals surface area contributed by atoms with Crippen LogP contribution in [0.1, 0.15) is 18.3 Å². The monoisotopic (exact) mass is 423 g/mol. The lowest BCUT2D eigenvalue weighted by atomic mass is 10.2. The van der Waals surface area contributed by atoms with Gasteiger partial charge in [-0.05, 0) is 42.7 Å². The van der Waals surface area contributed by atoms with Crippen molar-refractivity contribution >= 4 is 39.6 Å². The van der Waals surface area contributed by atoms with E-state index in [1.807, 2.05) is 30.5 Å². The highest BCUT2D eigenvalue weighted by Crippen LogP contribution is 2.14. The molecule has 0 saturated heterocycles. The summed E-state index contributed by atoms with van der Waals surface area (Å²) < 4.78 is 1.02. The Hall–Kier alpha value is -3.33. The van der Waals surface area contributed by atoms with Crippen molar-refractivity contribution in [2.45, 2.75) is 19.0 Å². The molecule has 4 aromatic rings. The number of carbonyl (C=O) groups is 1. The largest absolute Gasteiger partial charge is 0.347 e. The van der Waals surface area contributed by atoms with Crippen LogP contribution in [-0.4, -0.2) is 37.4 Å². The second-order valence-electron chi connectivity index (χ2n) is 6.87. The number of amides is 1. The number of para-hydroxylation sites is 3. The zero-order valence-electron chi connectivity index (χ0n) is 16.3. The lowest BCUT2D eigenvalue weighted by molar-refractivity contribution is -0.124. The van der Waals surface area contributed by atoms with Crippen molar-refractivity contribution in [3.8, 4) is 0 Å². The van der Waals surface area contributed by atoms with E-state index in [1.54, 1.807) is 36.0 Å². The normalized spacial score (nSPS) is 12.3. The molecule has 0 aliphatic rings. The molecule has 30 heavy (non-hydrogen) atoms. The van der Waals surface area contributed by atoms with Crippen molar-refractivity contribution in [2.24, 2.45) is 0 Å². The molecule has 1 amide bonds. The van der Waals surface area contributed by atoms with Gasteiger partial charge in [-0.15, -0.1) is 0 Å². The Bertz CT molecular complexity index is 1290. The summed E-state index contributed by atoms with van der Waals surface area (Å²) in [6.07, 6.45) is 2.27. The van der Waals surface area contributed by atoms with E-state index in [2.05, 4.69) is 20.3 Å². The zero-order valence-corrected chi connectivity index (χ0v) is 17.2. The Morgan fingerprint density at radius 2 is 1.83 bits per heavy atom. The number of H-pyrrole nitrogens is 2. The number of carbonyl (C=O) groups excluding carboxylic acids is 1. The Morgan fingerprint density at radius 3 is 2.60 bits per heavy atom. The third kappa shape index (κ3) is 3.88.